The van der Waals surface area contributed by atoms with Crippen LogP contribution in [0.15, 0.2) is 40.9 Å². The maximum absolute atomic E-state index is 12.6. The van der Waals surface area contributed by atoms with Gasteiger partial charge in [0.15, 0.2) is 5.78 Å². The van der Waals surface area contributed by atoms with Gasteiger partial charge < -0.3 is 5.32 Å². The van der Waals surface area contributed by atoms with Crippen molar-refractivity contribution >= 4 is 39.2 Å². The van der Waals surface area contributed by atoms with Gasteiger partial charge in [0.25, 0.3) is 5.91 Å². The van der Waals surface area contributed by atoms with Crippen LogP contribution in [0, 0.1) is 0 Å². The molecule has 0 bridgehead atoms. The minimum atomic E-state index is -0.192. The monoisotopic (exact) mass is 363 g/mol. The van der Waals surface area contributed by atoms with Crippen LogP contribution in [0.25, 0.3) is 0 Å². The molecule has 1 amide bonds. The predicted molar refractivity (Wildman–Crippen MR) is 85.1 cm³/mol. The van der Waals surface area contributed by atoms with E-state index < -0.39 is 0 Å². The second kappa shape index (κ2) is 5.62. The lowest BCUT2D eigenvalue weighted by Gasteiger charge is -2.17. The summed E-state index contributed by atoms with van der Waals surface area (Å²) in [5, 5.41) is 3.17. The van der Waals surface area contributed by atoms with E-state index in [0.29, 0.717) is 28.3 Å². The summed E-state index contributed by atoms with van der Waals surface area (Å²) in [6.45, 7) is 0.636. The average Bonchev–Trinajstić information content (AvgIpc) is 2.49. The minimum Gasteiger partial charge on any atom is -0.352 e. The molecule has 0 saturated heterocycles. The van der Waals surface area contributed by atoms with Crippen LogP contribution in [0.5, 0.6) is 0 Å². The molecule has 21 heavy (non-hydrogen) atoms. The first-order valence-corrected chi connectivity index (χ1v) is 7.64. The standard InChI is InChI=1S/C16H11BrClNO2/c17-11-3-4-14(18)13(8-11)15(20)10-2-1-9-5-6-19-16(21)12(9)7-10/h1-4,7-8H,5-6H2,(H,19,21). The third kappa shape index (κ3) is 2.74. The topological polar surface area (TPSA) is 46.2 Å². The highest BCUT2D eigenvalue weighted by atomic mass is 79.9. The molecule has 0 radical (unpaired) electrons. The van der Waals surface area contributed by atoms with E-state index >= 15 is 0 Å². The summed E-state index contributed by atoms with van der Waals surface area (Å²) in [5.41, 5.74) is 2.42. The number of halogens is 2. The van der Waals surface area contributed by atoms with E-state index in [1.54, 1.807) is 30.3 Å². The smallest absolute Gasteiger partial charge is 0.251 e. The van der Waals surface area contributed by atoms with Crippen molar-refractivity contribution in [2.45, 2.75) is 6.42 Å². The van der Waals surface area contributed by atoms with Crippen molar-refractivity contribution in [3.63, 3.8) is 0 Å². The largest absolute Gasteiger partial charge is 0.352 e. The molecule has 1 aliphatic heterocycles. The van der Waals surface area contributed by atoms with Gasteiger partial charge in [0.05, 0.1) is 5.02 Å². The number of rotatable bonds is 2. The lowest BCUT2D eigenvalue weighted by Crippen LogP contribution is -2.32. The number of carbonyl (C=O) groups excluding carboxylic acids is 2. The SMILES string of the molecule is O=C(c1ccc2c(c1)C(=O)NCC2)c1cc(Br)ccc1Cl. The zero-order valence-corrected chi connectivity index (χ0v) is 13.3. The molecule has 0 aromatic heterocycles. The molecule has 0 unspecified atom stereocenters. The number of ketones is 1. The summed E-state index contributed by atoms with van der Waals surface area (Å²) >= 11 is 9.42. The highest BCUT2D eigenvalue weighted by Crippen LogP contribution is 2.25. The Balaban J connectivity index is 2.04. The summed E-state index contributed by atoms with van der Waals surface area (Å²) in [5.74, 6) is -0.325. The van der Waals surface area contributed by atoms with Gasteiger partial charge in [0, 0.05) is 27.7 Å². The number of fused-ring (bicyclic) bond motifs is 1. The highest BCUT2D eigenvalue weighted by Gasteiger charge is 2.20. The Morgan fingerprint density at radius 3 is 2.81 bits per heavy atom. The van der Waals surface area contributed by atoms with Crippen molar-refractivity contribution in [1.82, 2.24) is 5.32 Å². The fraction of sp³-hybridized carbons (Fsp3) is 0.125. The molecule has 1 N–H and O–H groups in total. The fourth-order valence-electron chi connectivity index (χ4n) is 2.38. The number of hydrogen-bond acceptors (Lipinski definition) is 2. The molecule has 1 aliphatic rings. The van der Waals surface area contributed by atoms with Gasteiger partial charge in [-0.25, -0.2) is 0 Å². The van der Waals surface area contributed by atoms with Crippen LogP contribution in [-0.4, -0.2) is 18.2 Å². The molecule has 0 atom stereocenters. The Morgan fingerprint density at radius 2 is 2.00 bits per heavy atom. The Labute approximate surface area is 135 Å². The third-order valence-electron chi connectivity index (χ3n) is 3.47. The molecule has 2 aromatic carbocycles. The molecule has 2 aromatic rings. The van der Waals surface area contributed by atoms with Gasteiger partial charge in [-0.15, -0.1) is 0 Å². The summed E-state index contributed by atoms with van der Waals surface area (Å²) in [6, 6.07) is 10.4. The van der Waals surface area contributed by atoms with Crippen LogP contribution in [-0.2, 0) is 6.42 Å². The van der Waals surface area contributed by atoms with Crippen molar-refractivity contribution in [2.75, 3.05) is 6.54 Å². The van der Waals surface area contributed by atoms with E-state index in [2.05, 4.69) is 21.2 Å². The Kier molecular flexibility index (Phi) is 3.83. The van der Waals surface area contributed by atoms with E-state index in [1.165, 1.54) is 0 Å². The molecule has 0 fully saturated rings. The van der Waals surface area contributed by atoms with Gasteiger partial charge in [0.1, 0.15) is 0 Å². The van der Waals surface area contributed by atoms with Gasteiger partial charge >= 0.3 is 0 Å². The molecule has 1 heterocycles. The van der Waals surface area contributed by atoms with Gasteiger partial charge in [-0.1, -0.05) is 39.7 Å². The molecular weight excluding hydrogens is 354 g/mol. The third-order valence-corrected chi connectivity index (χ3v) is 4.29. The molecule has 5 heteroatoms. The number of amides is 1. The normalized spacial score (nSPS) is 13.5. The quantitative estimate of drug-likeness (QED) is 0.827. The number of nitrogens with one attached hydrogen (secondary N) is 1. The lowest BCUT2D eigenvalue weighted by atomic mass is 9.94. The molecular formula is C16H11BrClNO2. The number of benzene rings is 2. The molecule has 106 valence electrons. The van der Waals surface area contributed by atoms with Crippen LogP contribution < -0.4 is 5.32 Å². The van der Waals surface area contributed by atoms with Crippen molar-refractivity contribution in [2.24, 2.45) is 0 Å². The zero-order valence-electron chi connectivity index (χ0n) is 11.0. The van der Waals surface area contributed by atoms with Crippen LogP contribution in [0.2, 0.25) is 5.02 Å². The van der Waals surface area contributed by atoms with Crippen LogP contribution >= 0.6 is 27.5 Å². The van der Waals surface area contributed by atoms with E-state index in [1.807, 2.05) is 6.07 Å². The summed E-state index contributed by atoms with van der Waals surface area (Å²) in [4.78, 5) is 24.4. The Morgan fingerprint density at radius 1 is 1.19 bits per heavy atom. The van der Waals surface area contributed by atoms with Gasteiger partial charge in [-0.3, -0.25) is 9.59 Å². The minimum absolute atomic E-state index is 0.133. The van der Waals surface area contributed by atoms with Crippen LogP contribution in [0.1, 0.15) is 31.8 Å². The van der Waals surface area contributed by atoms with Gasteiger partial charge in [-0.2, -0.15) is 0 Å². The van der Waals surface area contributed by atoms with Crippen LogP contribution in [0.4, 0.5) is 0 Å². The summed E-state index contributed by atoms with van der Waals surface area (Å²) < 4.78 is 0.783. The van der Waals surface area contributed by atoms with E-state index in [9.17, 15) is 9.59 Å². The van der Waals surface area contributed by atoms with Crippen molar-refractivity contribution in [1.29, 1.82) is 0 Å². The van der Waals surface area contributed by atoms with Crippen molar-refractivity contribution in [3.05, 3.63) is 68.1 Å². The number of carbonyl (C=O) groups is 2. The number of hydrogen-bond donors (Lipinski definition) is 1. The second-order valence-electron chi connectivity index (χ2n) is 4.83. The van der Waals surface area contributed by atoms with Crippen molar-refractivity contribution < 1.29 is 9.59 Å². The average molecular weight is 365 g/mol. The maximum atomic E-state index is 12.6. The van der Waals surface area contributed by atoms with E-state index in [-0.39, 0.29) is 11.7 Å². The molecule has 0 aliphatic carbocycles. The van der Waals surface area contributed by atoms with E-state index in [0.717, 1.165) is 16.5 Å². The van der Waals surface area contributed by atoms with Crippen LogP contribution in [0.3, 0.4) is 0 Å². The summed E-state index contributed by atoms with van der Waals surface area (Å²) in [7, 11) is 0. The molecule has 0 saturated carbocycles. The van der Waals surface area contributed by atoms with Crippen molar-refractivity contribution in [3.8, 4) is 0 Å². The first-order chi connectivity index (χ1) is 10.1. The Bertz CT molecular complexity index is 758. The van der Waals surface area contributed by atoms with E-state index in [4.69, 9.17) is 11.6 Å². The van der Waals surface area contributed by atoms with Gasteiger partial charge in [0.2, 0.25) is 0 Å². The second-order valence-corrected chi connectivity index (χ2v) is 6.15. The first-order valence-electron chi connectivity index (χ1n) is 6.47. The molecule has 3 rings (SSSR count). The summed E-state index contributed by atoms with van der Waals surface area (Å²) in [6.07, 6.45) is 0.785. The maximum Gasteiger partial charge on any atom is 0.251 e. The highest BCUT2D eigenvalue weighted by molar-refractivity contribution is 9.10. The zero-order chi connectivity index (χ0) is 15.0. The molecule has 0 spiro atoms. The molecule has 3 nitrogen and oxygen atoms in total. The predicted octanol–water partition coefficient (Wildman–Crippen LogP) is 3.62. The fourth-order valence-corrected chi connectivity index (χ4v) is 2.94. The first kappa shape index (κ1) is 14.3. The lowest BCUT2D eigenvalue weighted by molar-refractivity contribution is 0.0946. The van der Waals surface area contributed by atoms with Gasteiger partial charge in [-0.05, 0) is 36.2 Å². The Hall–Kier alpha value is -1.65.